The number of hydrogen-bond donors (Lipinski definition) is 1. The summed E-state index contributed by atoms with van der Waals surface area (Å²) in [5.74, 6) is 0.423. The first-order chi connectivity index (χ1) is 5.74. The van der Waals surface area contributed by atoms with Gasteiger partial charge < -0.3 is 0 Å². The van der Waals surface area contributed by atoms with E-state index in [-0.39, 0.29) is 5.69 Å². The van der Waals surface area contributed by atoms with Crippen LogP contribution >= 0.6 is 0 Å². The SMILES string of the molecule is [B]N=BNc1ccn(C)c(=O)n1. The van der Waals surface area contributed by atoms with E-state index in [0.717, 1.165) is 0 Å². The molecule has 0 saturated heterocycles. The average Bonchev–Trinajstić information content (AvgIpc) is 2.07. The van der Waals surface area contributed by atoms with Gasteiger partial charge in [0.25, 0.3) is 0 Å². The number of nitrogens with one attached hydrogen (secondary N) is 1. The van der Waals surface area contributed by atoms with Crippen molar-refractivity contribution in [1.29, 1.82) is 0 Å². The molecule has 1 rings (SSSR count). The van der Waals surface area contributed by atoms with Crippen molar-refractivity contribution in [2.75, 3.05) is 5.23 Å². The van der Waals surface area contributed by atoms with Crippen LogP contribution in [0.5, 0.6) is 0 Å². The molecule has 58 valence electrons. The van der Waals surface area contributed by atoms with Crippen LogP contribution in [0.15, 0.2) is 21.9 Å². The summed E-state index contributed by atoms with van der Waals surface area (Å²) in [5.41, 5.74) is -0.328. The number of anilines is 1. The molecular formula is C5H6B2N4O. The molecule has 7 heteroatoms. The molecule has 0 unspecified atom stereocenters. The van der Waals surface area contributed by atoms with E-state index in [1.165, 1.54) is 11.8 Å². The fourth-order valence-electron chi connectivity index (χ4n) is 0.649. The Balaban J connectivity index is 2.90. The second-order valence-electron chi connectivity index (χ2n) is 2.13. The van der Waals surface area contributed by atoms with E-state index in [2.05, 4.69) is 15.0 Å². The molecule has 1 aromatic rings. The van der Waals surface area contributed by atoms with Crippen molar-refractivity contribution in [2.45, 2.75) is 0 Å². The topological polar surface area (TPSA) is 59.3 Å². The van der Waals surface area contributed by atoms with Crippen molar-refractivity contribution in [1.82, 2.24) is 9.55 Å². The molecule has 0 spiro atoms. The van der Waals surface area contributed by atoms with Crippen molar-refractivity contribution in [2.24, 2.45) is 11.9 Å². The van der Waals surface area contributed by atoms with Gasteiger partial charge in [-0.1, -0.05) is 0 Å². The van der Waals surface area contributed by atoms with Crippen LogP contribution in [0.2, 0.25) is 0 Å². The zero-order valence-corrected chi connectivity index (χ0v) is 6.56. The van der Waals surface area contributed by atoms with Gasteiger partial charge in [-0.25, -0.2) is 0 Å². The summed E-state index contributed by atoms with van der Waals surface area (Å²) in [6.07, 6.45) is 1.60. The first kappa shape index (κ1) is 8.70. The molecule has 5 nitrogen and oxygen atoms in total. The molecule has 0 bridgehead atoms. The third-order valence-corrected chi connectivity index (χ3v) is 1.26. The molecule has 2 radical (unpaired) electrons. The van der Waals surface area contributed by atoms with E-state index < -0.39 is 0 Å². The summed E-state index contributed by atoms with van der Waals surface area (Å²) in [4.78, 5) is 17.8. The van der Waals surface area contributed by atoms with Gasteiger partial charge in [0.05, 0.1) is 0 Å². The molecule has 1 aromatic heterocycles. The van der Waals surface area contributed by atoms with E-state index in [0.29, 0.717) is 5.82 Å². The zero-order chi connectivity index (χ0) is 8.97. The monoisotopic (exact) mass is 160 g/mol. The Bertz CT molecular complexity index is 348. The third kappa shape index (κ3) is 2.05. The maximum absolute atomic E-state index is 10.9. The minimum atomic E-state index is -0.328. The van der Waals surface area contributed by atoms with Crippen LogP contribution in [0.1, 0.15) is 0 Å². The van der Waals surface area contributed by atoms with Gasteiger partial charge in [-0.05, 0) is 0 Å². The Hall–Kier alpha value is -1.39. The Morgan fingerprint density at radius 1 is 1.83 bits per heavy atom. The standard InChI is InChI=1S/C5H6B2N4O/c1-11-3-2-4(8-5(11)12)9-7-10-6/h2-3H,1H3,(H,8,9,12). The zero-order valence-electron chi connectivity index (χ0n) is 6.56. The molecule has 0 aliphatic rings. The Labute approximate surface area is 71.2 Å². The van der Waals surface area contributed by atoms with Crippen LogP contribution < -0.4 is 10.9 Å². The summed E-state index contributed by atoms with van der Waals surface area (Å²) in [6, 6.07) is 1.64. The van der Waals surface area contributed by atoms with Gasteiger partial charge in [0.15, 0.2) is 0 Å². The normalized spacial score (nSPS) is 9.75. The van der Waals surface area contributed by atoms with Crippen LogP contribution in [-0.2, 0) is 7.05 Å². The van der Waals surface area contributed by atoms with Crippen molar-refractivity contribution in [3.63, 3.8) is 0 Å². The van der Waals surface area contributed by atoms with Crippen molar-refractivity contribution < 1.29 is 0 Å². The predicted octanol–water partition coefficient (Wildman–Crippen LogP) is -0.921. The number of aryl methyl sites for hydroxylation is 1. The Kier molecular flexibility index (Phi) is 2.79. The van der Waals surface area contributed by atoms with Gasteiger partial charge in [-0.15, -0.1) is 0 Å². The fraction of sp³-hybridized carbons (Fsp3) is 0.200. The molecule has 0 atom stereocenters. The molecule has 1 heterocycles. The molecule has 12 heavy (non-hydrogen) atoms. The third-order valence-electron chi connectivity index (χ3n) is 1.26. The quantitative estimate of drug-likeness (QED) is 0.568. The van der Waals surface area contributed by atoms with Crippen LogP contribution in [0.3, 0.4) is 0 Å². The van der Waals surface area contributed by atoms with E-state index >= 15 is 0 Å². The maximum atomic E-state index is 10.9. The van der Waals surface area contributed by atoms with Crippen LogP contribution in [0, 0.1) is 0 Å². The second-order valence-corrected chi connectivity index (χ2v) is 2.13. The van der Waals surface area contributed by atoms with E-state index in [1.54, 1.807) is 19.3 Å². The summed E-state index contributed by atoms with van der Waals surface area (Å²) in [5, 5.41) is 2.62. The van der Waals surface area contributed by atoms with Gasteiger partial charge in [0.1, 0.15) is 0 Å². The molecule has 0 amide bonds. The van der Waals surface area contributed by atoms with Gasteiger partial charge in [-0.2, -0.15) is 0 Å². The van der Waals surface area contributed by atoms with Gasteiger partial charge in [-0.3, -0.25) is 0 Å². The van der Waals surface area contributed by atoms with Gasteiger partial charge in [0, 0.05) is 0 Å². The van der Waals surface area contributed by atoms with Crippen molar-refractivity contribution >= 4 is 21.0 Å². The number of rotatable bonds is 2. The summed E-state index contributed by atoms with van der Waals surface area (Å²) < 4.78 is 1.37. The number of aromatic nitrogens is 2. The van der Waals surface area contributed by atoms with Crippen LogP contribution in [-0.4, -0.2) is 24.7 Å². The fourth-order valence-corrected chi connectivity index (χ4v) is 0.649. The first-order valence-corrected chi connectivity index (χ1v) is 3.26. The summed E-state index contributed by atoms with van der Waals surface area (Å²) in [7, 11) is 7.71. The van der Waals surface area contributed by atoms with E-state index in [9.17, 15) is 4.79 Å². The molecule has 0 fully saturated rings. The molecular weight excluding hydrogens is 154 g/mol. The average molecular weight is 160 g/mol. The van der Waals surface area contributed by atoms with Gasteiger partial charge in [0.2, 0.25) is 0 Å². The van der Waals surface area contributed by atoms with Gasteiger partial charge >= 0.3 is 70.4 Å². The number of nitrogens with zero attached hydrogens (tertiary/aromatic N) is 3. The molecule has 0 aliphatic heterocycles. The van der Waals surface area contributed by atoms with Crippen molar-refractivity contribution in [3.8, 4) is 0 Å². The minimum absolute atomic E-state index is 0.328. The first-order valence-electron chi connectivity index (χ1n) is 3.26. The summed E-state index contributed by atoms with van der Waals surface area (Å²) in [6.45, 7) is 0. The number of hydrogen-bond acceptors (Lipinski definition) is 3. The Morgan fingerprint density at radius 2 is 2.58 bits per heavy atom. The molecule has 0 aliphatic carbocycles. The molecule has 1 N–H and O–H groups in total. The Morgan fingerprint density at radius 3 is 3.17 bits per heavy atom. The molecule has 0 saturated carbocycles. The summed E-state index contributed by atoms with van der Waals surface area (Å²) >= 11 is 0. The van der Waals surface area contributed by atoms with Crippen molar-refractivity contribution in [3.05, 3.63) is 22.7 Å². The predicted molar refractivity (Wildman–Crippen MR) is 47.0 cm³/mol. The van der Waals surface area contributed by atoms with E-state index in [4.69, 9.17) is 7.98 Å². The second kappa shape index (κ2) is 3.85. The van der Waals surface area contributed by atoms with Crippen LogP contribution in [0.4, 0.5) is 5.82 Å². The van der Waals surface area contributed by atoms with E-state index in [1.807, 2.05) is 0 Å². The van der Waals surface area contributed by atoms with Crippen LogP contribution in [0.25, 0.3) is 0 Å². The molecule has 0 aromatic carbocycles.